The molecule has 5 unspecified atom stereocenters. The van der Waals surface area contributed by atoms with Crippen LogP contribution in [0.1, 0.15) is 38.4 Å². The first kappa shape index (κ1) is 14.9. The number of aryl methyl sites for hydroxylation is 1. The maximum atomic E-state index is 6.00. The summed E-state index contributed by atoms with van der Waals surface area (Å²) in [6.45, 7) is 12.0. The molecule has 1 aromatic heterocycles. The lowest BCUT2D eigenvalue weighted by Gasteiger charge is -2.29. The molecular weight excluding hydrogens is 256 g/mol. The van der Waals surface area contributed by atoms with E-state index in [9.17, 15) is 0 Å². The van der Waals surface area contributed by atoms with E-state index in [1.165, 1.54) is 5.69 Å². The summed E-state index contributed by atoms with van der Waals surface area (Å²) in [5, 5.41) is 6.99. The number of rotatable bonds is 5. The summed E-state index contributed by atoms with van der Waals surface area (Å²) in [6.07, 6.45) is 1.69. The molecule has 0 aromatic carbocycles. The average molecular weight is 282 g/mol. The summed E-state index contributed by atoms with van der Waals surface area (Å²) in [4.78, 5) is 4.61. The third-order valence-electron chi connectivity index (χ3n) is 4.35. The minimum Gasteiger partial charge on any atom is -0.375 e. The van der Waals surface area contributed by atoms with Gasteiger partial charge in [0, 0.05) is 23.8 Å². The van der Waals surface area contributed by atoms with Gasteiger partial charge >= 0.3 is 0 Å². The molecular formula is C15H26N2OS. The molecule has 19 heavy (non-hydrogen) atoms. The molecule has 1 fully saturated rings. The highest BCUT2D eigenvalue weighted by atomic mass is 32.1. The number of thiazole rings is 1. The Labute approximate surface area is 120 Å². The number of nitrogens with one attached hydrogen (secondary N) is 1. The van der Waals surface area contributed by atoms with Gasteiger partial charge in [0.2, 0.25) is 0 Å². The van der Waals surface area contributed by atoms with Gasteiger partial charge in [0.25, 0.3) is 0 Å². The number of nitrogens with zero attached hydrogens (tertiary/aromatic N) is 1. The smallest absolute Gasteiger partial charge is 0.0897 e. The summed E-state index contributed by atoms with van der Waals surface area (Å²) < 4.78 is 6.00. The van der Waals surface area contributed by atoms with Gasteiger partial charge in [-0.15, -0.1) is 11.3 Å². The molecule has 0 amide bonds. The fourth-order valence-corrected chi connectivity index (χ4v) is 3.95. The van der Waals surface area contributed by atoms with Crippen molar-refractivity contribution in [1.29, 1.82) is 0 Å². The third-order valence-corrected chi connectivity index (χ3v) is 5.17. The van der Waals surface area contributed by atoms with Gasteiger partial charge in [0.05, 0.1) is 22.9 Å². The van der Waals surface area contributed by atoms with Crippen LogP contribution < -0.4 is 5.32 Å². The summed E-state index contributed by atoms with van der Waals surface area (Å²) in [7, 11) is 0. The van der Waals surface area contributed by atoms with Gasteiger partial charge in [0.15, 0.2) is 0 Å². The van der Waals surface area contributed by atoms with Crippen LogP contribution in [0.2, 0.25) is 0 Å². The average Bonchev–Trinajstić information content (AvgIpc) is 2.84. The maximum absolute atomic E-state index is 6.00. The van der Waals surface area contributed by atoms with Crippen molar-refractivity contribution in [3.63, 3.8) is 0 Å². The van der Waals surface area contributed by atoms with E-state index in [0.29, 0.717) is 30.1 Å². The lowest BCUT2D eigenvalue weighted by molar-refractivity contribution is 0.0476. The first-order chi connectivity index (χ1) is 9.02. The quantitative estimate of drug-likeness (QED) is 0.901. The Morgan fingerprint density at radius 1 is 1.37 bits per heavy atom. The van der Waals surface area contributed by atoms with Crippen LogP contribution in [0.4, 0.5) is 0 Å². The fourth-order valence-electron chi connectivity index (χ4n) is 3.32. The van der Waals surface area contributed by atoms with E-state index in [-0.39, 0.29) is 0 Å². The van der Waals surface area contributed by atoms with Crippen molar-refractivity contribution in [2.24, 2.45) is 11.8 Å². The topological polar surface area (TPSA) is 34.2 Å². The monoisotopic (exact) mass is 282 g/mol. The van der Waals surface area contributed by atoms with Crippen molar-refractivity contribution in [2.75, 3.05) is 6.54 Å². The van der Waals surface area contributed by atoms with Crippen LogP contribution in [0, 0.1) is 18.8 Å². The molecule has 0 bridgehead atoms. The summed E-state index contributed by atoms with van der Waals surface area (Å²) in [5.74, 6) is 1.16. The van der Waals surface area contributed by atoms with Gasteiger partial charge in [-0.05, 0) is 33.2 Å². The number of aromatic nitrogens is 1. The molecule has 0 saturated carbocycles. The van der Waals surface area contributed by atoms with E-state index in [0.717, 1.165) is 18.0 Å². The summed E-state index contributed by atoms with van der Waals surface area (Å²) in [6, 6.07) is 0.460. The standard InChI is InChI=1S/C15H26N2OS/c1-6-16-14(7-13-8-19-12(5)17-13)15-9(2)10(3)18-11(15)4/h8-11,14-16H,6-7H2,1-5H3. The van der Waals surface area contributed by atoms with Gasteiger partial charge in [-0.1, -0.05) is 13.8 Å². The van der Waals surface area contributed by atoms with Crippen molar-refractivity contribution in [3.05, 3.63) is 16.1 Å². The molecule has 5 atom stereocenters. The lowest BCUT2D eigenvalue weighted by Crippen LogP contribution is -2.43. The zero-order chi connectivity index (χ0) is 14.0. The van der Waals surface area contributed by atoms with Crippen LogP contribution in [0.15, 0.2) is 5.38 Å². The first-order valence-corrected chi connectivity index (χ1v) is 8.20. The van der Waals surface area contributed by atoms with Crippen molar-refractivity contribution < 1.29 is 4.74 Å². The summed E-state index contributed by atoms with van der Waals surface area (Å²) in [5.41, 5.74) is 1.22. The third kappa shape index (κ3) is 3.36. The SMILES string of the molecule is CCNC(Cc1csc(C)n1)C1C(C)OC(C)C1C. The Balaban J connectivity index is 2.11. The molecule has 2 rings (SSSR count). The Hall–Kier alpha value is -0.450. The number of hydrogen-bond acceptors (Lipinski definition) is 4. The first-order valence-electron chi connectivity index (χ1n) is 7.32. The zero-order valence-corrected chi connectivity index (χ0v) is 13.5. The van der Waals surface area contributed by atoms with Crippen LogP contribution >= 0.6 is 11.3 Å². The van der Waals surface area contributed by atoms with E-state index in [2.05, 4.69) is 50.3 Å². The molecule has 0 aliphatic carbocycles. The Morgan fingerprint density at radius 2 is 2.11 bits per heavy atom. The van der Waals surface area contributed by atoms with Crippen molar-refractivity contribution >= 4 is 11.3 Å². The van der Waals surface area contributed by atoms with Crippen LogP contribution in [-0.4, -0.2) is 29.8 Å². The Kier molecular flexibility index (Phi) is 4.98. The minimum atomic E-state index is 0.328. The molecule has 4 heteroatoms. The number of hydrogen-bond donors (Lipinski definition) is 1. The molecule has 0 radical (unpaired) electrons. The minimum absolute atomic E-state index is 0.328. The van der Waals surface area contributed by atoms with E-state index in [1.54, 1.807) is 11.3 Å². The molecule has 0 spiro atoms. The maximum Gasteiger partial charge on any atom is 0.0897 e. The van der Waals surface area contributed by atoms with Crippen molar-refractivity contribution in [1.82, 2.24) is 10.3 Å². The predicted molar refractivity (Wildman–Crippen MR) is 80.7 cm³/mol. The Bertz CT molecular complexity index is 407. The highest BCUT2D eigenvalue weighted by Crippen LogP contribution is 2.35. The molecule has 1 aromatic rings. The van der Waals surface area contributed by atoms with Gasteiger partial charge in [0.1, 0.15) is 0 Å². The molecule has 2 heterocycles. The van der Waals surface area contributed by atoms with Crippen molar-refractivity contribution in [3.8, 4) is 0 Å². The fraction of sp³-hybridized carbons (Fsp3) is 0.800. The molecule has 1 N–H and O–H groups in total. The zero-order valence-electron chi connectivity index (χ0n) is 12.6. The highest BCUT2D eigenvalue weighted by molar-refractivity contribution is 7.09. The molecule has 108 valence electrons. The molecule has 1 saturated heterocycles. The van der Waals surface area contributed by atoms with E-state index >= 15 is 0 Å². The van der Waals surface area contributed by atoms with E-state index in [4.69, 9.17) is 4.74 Å². The second-order valence-electron chi connectivity index (χ2n) is 5.71. The van der Waals surface area contributed by atoms with Gasteiger partial charge in [-0.2, -0.15) is 0 Å². The molecule has 3 nitrogen and oxygen atoms in total. The van der Waals surface area contributed by atoms with E-state index in [1.807, 2.05) is 0 Å². The predicted octanol–water partition coefficient (Wildman–Crippen LogP) is 3.03. The lowest BCUT2D eigenvalue weighted by atomic mass is 9.81. The van der Waals surface area contributed by atoms with Crippen LogP contribution in [0.5, 0.6) is 0 Å². The van der Waals surface area contributed by atoms with Gasteiger partial charge in [-0.3, -0.25) is 0 Å². The van der Waals surface area contributed by atoms with Crippen LogP contribution in [-0.2, 0) is 11.2 Å². The molecule has 1 aliphatic heterocycles. The van der Waals surface area contributed by atoms with E-state index < -0.39 is 0 Å². The summed E-state index contributed by atoms with van der Waals surface area (Å²) >= 11 is 1.74. The van der Waals surface area contributed by atoms with Crippen LogP contribution in [0.3, 0.4) is 0 Å². The van der Waals surface area contributed by atoms with Crippen molar-refractivity contribution in [2.45, 2.75) is 59.3 Å². The van der Waals surface area contributed by atoms with Gasteiger partial charge in [-0.25, -0.2) is 4.98 Å². The largest absolute Gasteiger partial charge is 0.375 e. The molecule has 1 aliphatic rings. The normalized spacial score (nSPS) is 32.7. The highest BCUT2D eigenvalue weighted by Gasteiger charge is 2.41. The second kappa shape index (κ2) is 6.33. The number of likely N-dealkylation sites (N-methyl/N-ethyl adjacent to an activating group) is 1. The van der Waals surface area contributed by atoms with Gasteiger partial charge < -0.3 is 10.1 Å². The number of ether oxygens (including phenoxy) is 1. The van der Waals surface area contributed by atoms with Crippen LogP contribution in [0.25, 0.3) is 0 Å². The second-order valence-corrected chi connectivity index (χ2v) is 6.77. The Morgan fingerprint density at radius 3 is 2.58 bits per heavy atom.